The number of carbonyl (C=O) groups is 2. The average Bonchev–Trinajstić information content (AvgIpc) is 2.51. The number of imide groups is 1. The van der Waals surface area contributed by atoms with Crippen LogP contribution in [-0.4, -0.2) is 33.3 Å². The number of nitrogens with zero attached hydrogens (tertiary/aromatic N) is 2. The summed E-state index contributed by atoms with van der Waals surface area (Å²) in [5, 5.41) is 6.17. The summed E-state index contributed by atoms with van der Waals surface area (Å²) in [6.07, 6.45) is 0. The van der Waals surface area contributed by atoms with Crippen LogP contribution in [0.15, 0.2) is 28.2 Å². The molecule has 3 amide bonds. The largest absolute Gasteiger partial charge is 0.336 e. The fourth-order valence-electron chi connectivity index (χ4n) is 2.30. The highest BCUT2D eigenvalue weighted by Gasteiger charge is 2.16. The number of urea groups is 1. The highest BCUT2D eigenvalue weighted by Crippen LogP contribution is 2.22. The molecule has 1 aromatic heterocycles. The lowest BCUT2D eigenvalue weighted by Crippen LogP contribution is -2.43. The van der Waals surface area contributed by atoms with Crippen molar-refractivity contribution in [1.29, 1.82) is 0 Å². The van der Waals surface area contributed by atoms with E-state index in [0.29, 0.717) is 21.1 Å². The number of thioether (sulfide) groups is 1. The van der Waals surface area contributed by atoms with Gasteiger partial charge in [-0.3, -0.25) is 19.5 Å². The third kappa shape index (κ3) is 4.98. The van der Waals surface area contributed by atoms with Gasteiger partial charge in [0.1, 0.15) is 0 Å². The second kappa shape index (κ2) is 8.55. The number of amides is 3. The Bertz CT molecular complexity index is 895. The van der Waals surface area contributed by atoms with E-state index in [-0.39, 0.29) is 23.4 Å². The van der Waals surface area contributed by atoms with Crippen molar-refractivity contribution >= 4 is 46.2 Å². The van der Waals surface area contributed by atoms with E-state index in [4.69, 9.17) is 11.6 Å². The van der Waals surface area contributed by atoms with E-state index in [1.54, 1.807) is 32.0 Å². The van der Waals surface area contributed by atoms with Gasteiger partial charge in [0.2, 0.25) is 5.91 Å². The standard InChI is InChI=1S/C17H21ClN4O3S/c1-9(2)19-16(25)21-14(23)8-26-17-20-13-7-11(18)5-6-12(13)15(24)22(17)10(3)4/h5-7,9-10H,8H2,1-4H3,(H2,19,21,23,25). The van der Waals surface area contributed by atoms with Crippen molar-refractivity contribution in [2.45, 2.75) is 44.9 Å². The molecule has 0 aliphatic heterocycles. The van der Waals surface area contributed by atoms with Crippen molar-refractivity contribution in [3.8, 4) is 0 Å². The monoisotopic (exact) mass is 396 g/mol. The number of benzene rings is 1. The van der Waals surface area contributed by atoms with Gasteiger partial charge in [-0.1, -0.05) is 23.4 Å². The Labute approximate surface area is 160 Å². The summed E-state index contributed by atoms with van der Waals surface area (Å²) in [6.45, 7) is 7.32. The van der Waals surface area contributed by atoms with Crippen LogP contribution >= 0.6 is 23.4 Å². The van der Waals surface area contributed by atoms with Gasteiger partial charge in [0.05, 0.1) is 16.7 Å². The second-order valence-corrected chi connectivity index (χ2v) is 7.67. The lowest BCUT2D eigenvalue weighted by atomic mass is 10.2. The first kappa shape index (κ1) is 20.3. The molecule has 7 nitrogen and oxygen atoms in total. The van der Waals surface area contributed by atoms with Crippen LogP contribution in [0.2, 0.25) is 5.02 Å². The smallest absolute Gasteiger partial charge is 0.321 e. The summed E-state index contributed by atoms with van der Waals surface area (Å²) in [6, 6.07) is 4.14. The SMILES string of the molecule is CC(C)NC(=O)NC(=O)CSc1nc2cc(Cl)ccc2c(=O)n1C(C)C. The molecule has 140 valence electrons. The third-order valence-electron chi connectivity index (χ3n) is 3.35. The normalized spacial score (nSPS) is 11.2. The van der Waals surface area contributed by atoms with E-state index < -0.39 is 11.9 Å². The fraction of sp³-hybridized carbons (Fsp3) is 0.412. The topological polar surface area (TPSA) is 93.1 Å². The molecule has 0 saturated carbocycles. The van der Waals surface area contributed by atoms with E-state index in [2.05, 4.69) is 15.6 Å². The molecule has 0 unspecified atom stereocenters. The van der Waals surface area contributed by atoms with Gasteiger partial charge in [-0.15, -0.1) is 0 Å². The van der Waals surface area contributed by atoms with Crippen LogP contribution in [0.3, 0.4) is 0 Å². The molecule has 26 heavy (non-hydrogen) atoms. The van der Waals surface area contributed by atoms with Gasteiger partial charge >= 0.3 is 6.03 Å². The molecule has 0 saturated heterocycles. The zero-order valence-corrected chi connectivity index (χ0v) is 16.6. The van der Waals surface area contributed by atoms with Gasteiger partial charge in [0.15, 0.2) is 5.16 Å². The highest BCUT2D eigenvalue weighted by molar-refractivity contribution is 7.99. The molecule has 1 aromatic carbocycles. The predicted molar refractivity (Wildman–Crippen MR) is 104 cm³/mol. The molecule has 0 bridgehead atoms. The van der Waals surface area contributed by atoms with Crippen LogP contribution in [0, 0.1) is 0 Å². The Kier molecular flexibility index (Phi) is 6.66. The minimum atomic E-state index is -0.551. The summed E-state index contributed by atoms with van der Waals surface area (Å²) in [5.41, 5.74) is 0.280. The molecule has 1 heterocycles. The van der Waals surface area contributed by atoms with Crippen LogP contribution in [0.4, 0.5) is 4.79 Å². The quantitative estimate of drug-likeness (QED) is 0.598. The number of fused-ring (bicyclic) bond motifs is 1. The van der Waals surface area contributed by atoms with Crippen LogP contribution in [0.5, 0.6) is 0 Å². The molecule has 2 rings (SSSR count). The van der Waals surface area contributed by atoms with Crippen LogP contribution in [0.1, 0.15) is 33.7 Å². The molecule has 0 atom stereocenters. The van der Waals surface area contributed by atoms with Gasteiger partial charge < -0.3 is 5.32 Å². The first-order valence-electron chi connectivity index (χ1n) is 8.14. The first-order chi connectivity index (χ1) is 12.2. The van der Waals surface area contributed by atoms with Gasteiger partial charge in [-0.05, 0) is 45.9 Å². The van der Waals surface area contributed by atoms with E-state index in [1.807, 2.05) is 13.8 Å². The fourth-order valence-corrected chi connectivity index (χ4v) is 3.39. The van der Waals surface area contributed by atoms with E-state index in [0.717, 1.165) is 11.8 Å². The van der Waals surface area contributed by atoms with Crippen LogP contribution in [0.25, 0.3) is 10.9 Å². The van der Waals surface area contributed by atoms with Gasteiger partial charge in [0, 0.05) is 17.1 Å². The maximum Gasteiger partial charge on any atom is 0.321 e. The van der Waals surface area contributed by atoms with Crippen molar-refractivity contribution in [3.05, 3.63) is 33.6 Å². The molecular formula is C17H21ClN4O3S. The highest BCUT2D eigenvalue weighted by atomic mass is 35.5. The zero-order valence-electron chi connectivity index (χ0n) is 15.0. The van der Waals surface area contributed by atoms with Crippen molar-refractivity contribution in [2.24, 2.45) is 0 Å². The first-order valence-corrected chi connectivity index (χ1v) is 9.50. The summed E-state index contributed by atoms with van der Waals surface area (Å²) in [4.78, 5) is 40.8. The minimum absolute atomic E-state index is 0.0449. The molecule has 2 N–H and O–H groups in total. The summed E-state index contributed by atoms with van der Waals surface area (Å²) in [7, 11) is 0. The minimum Gasteiger partial charge on any atom is -0.336 e. The van der Waals surface area contributed by atoms with Gasteiger partial charge in [-0.25, -0.2) is 9.78 Å². The number of aromatic nitrogens is 2. The number of rotatable bonds is 5. The Morgan fingerprint density at radius 3 is 2.58 bits per heavy atom. The number of hydrogen-bond acceptors (Lipinski definition) is 5. The molecule has 2 aromatic rings. The second-order valence-electron chi connectivity index (χ2n) is 6.29. The van der Waals surface area contributed by atoms with E-state index in [1.165, 1.54) is 4.57 Å². The molecular weight excluding hydrogens is 376 g/mol. The predicted octanol–water partition coefficient (Wildman–Crippen LogP) is 2.96. The maximum absolute atomic E-state index is 12.7. The molecule has 0 spiro atoms. The summed E-state index contributed by atoms with van der Waals surface area (Å²) < 4.78 is 1.53. The Morgan fingerprint density at radius 1 is 1.27 bits per heavy atom. The van der Waals surface area contributed by atoms with E-state index in [9.17, 15) is 14.4 Å². The lowest BCUT2D eigenvalue weighted by Gasteiger charge is -2.16. The summed E-state index contributed by atoms with van der Waals surface area (Å²) >= 11 is 7.08. The van der Waals surface area contributed by atoms with E-state index >= 15 is 0 Å². The van der Waals surface area contributed by atoms with Gasteiger partial charge in [0.25, 0.3) is 5.56 Å². The van der Waals surface area contributed by atoms with Crippen molar-refractivity contribution in [1.82, 2.24) is 20.2 Å². The summed E-state index contributed by atoms with van der Waals surface area (Å²) in [5.74, 6) is -0.514. The Hall–Kier alpha value is -2.06. The molecule has 0 aliphatic rings. The van der Waals surface area contributed by atoms with Crippen molar-refractivity contribution < 1.29 is 9.59 Å². The zero-order chi connectivity index (χ0) is 19.4. The Balaban J connectivity index is 2.25. The number of nitrogens with one attached hydrogen (secondary N) is 2. The molecule has 0 fully saturated rings. The molecule has 0 aliphatic carbocycles. The number of carbonyl (C=O) groups excluding carboxylic acids is 2. The average molecular weight is 397 g/mol. The van der Waals surface area contributed by atoms with Crippen molar-refractivity contribution in [2.75, 3.05) is 5.75 Å². The number of hydrogen-bond donors (Lipinski definition) is 2. The molecule has 9 heteroatoms. The van der Waals surface area contributed by atoms with Crippen LogP contribution in [-0.2, 0) is 4.79 Å². The number of halogens is 1. The Morgan fingerprint density at radius 2 is 1.96 bits per heavy atom. The van der Waals surface area contributed by atoms with Crippen molar-refractivity contribution in [3.63, 3.8) is 0 Å². The maximum atomic E-state index is 12.7. The third-order valence-corrected chi connectivity index (χ3v) is 4.54. The van der Waals surface area contributed by atoms with Crippen LogP contribution < -0.4 is 16.2 Å². The lowest BCUT2D eigenvalue weighted by molar-refractivity contribution is -0.117. The van der Waals surface area contributed by atoms with Gasteiger partial charge in [-0.2, -0.15) is 0 Å². The molecule has 0 radical (unpaired) electrons.